The molecule has 10 heteroatoms. The van der Waals surface area contributed by atoms with Crippen molar-refractivity contribution >= 4 is 22.3 Å². The lowest BCUT2D eigenvalue weighted by molar-refractivity contribution is -0.120. The summed E-state index contributed by atoms with van der Waals surface area (Å²) in [5, 5.41) is 0.560. The lowest BCUT2D eigenvalue weighted by atomic mass is 9.91. The van der Waals surface area contributed by atoms with Gasteiger partial charge in [0.15, 0.2) is 0 Å². The molecule has 2 bridgehead atoms. The molecule has 3 amide bonds. The van der Waals surface area contributed by atoms with Gasteiger partial charge in [-0.2, -0.15) is 13.5 Å². The first-order chi connectivity index (χ1) is 9.11. The fourth-order valence-electron chi connectivity index (χ4n) is 2.45. The minimum Gasteiger partial charge on any atom is -0.368 e. The summed E-state index contributed by atoms with van der Waals surface area (Å²) in [7, 11) is -4.83. The molecular formula is C10H15N3O6S. The molecule has 112 valence electrons. The van der Waals surface area contributed by atoms with Gasteiger partial charge in [0.05, 0.1) is 6.54 Å². The Morgan fingerprint density at radius 3 is 2.60 bits per heavy atom. The largest absolute Gasteiger partial charge is 0.418 e. The van der Waals surface area contributed by atoms with Crippen LogP contribution in [0.5, 0.6) is 0 Å². The van der Waals surface area contributed by atoms with E-state index in [1.165, 1.54) is 6.08 Å². The van der Waals surface area contributed by atoms with Crippen LogP contribution in [0.15, 0.2) is 11.6 Å². The maximum Gasteiger partial charge on any atom is 0.418 e. The number of rotatable bonds is 4. The monoisotopic (exact) mass is 305 g/mol. The lowest BCUT2D eigenvalue weighted by Crippen LogP contribution is -2.47. The van der Waals surface area contributed by atoms with Crippen molar-refractivity contribution in [3.8, 4) is 0 Å². The molecule has 3 N–H and O–H groups in total. The second kappa shape index (κ2) is 4.72. The van der Waals surface area contributed by atoms with Gasteiger partial charge in [-0.25, -0.2) is 4.79 Å². The van der Waals surface area contributed by atoms with Crippen LogP contribution >= 0.6 is 0 Å². The Kier molecular flexibility index (Phi) is 3.48. The van der Waals surface area contributed by atoms with E-state index in [0.29, 0.717) is 10.6 Å². The van der Waals surface area contributed by atoms with Crippen LogP contribution in [0.25, 0.3) is 0 Å². The number of carbonyl (C=O) groups is 2. The minimum absolute atomic E-state index is 0.0533. The molecule has 1 saturated heterocycles. The van der Waals surface area contributed by atoms with Gasteiger partial charge in [-0.1, -0.05) is 19.9 Å². The molecule has 1 fully saturated rings. The topological polar surface area (TPSA) is 130 Å². The predicted octanol–water partition coefficient (Wildman–Crippen LogP) is -0.723. The van der Waals surface area contributed by atoms with Gasteiger partial charge in [0.1, 0.15) is 12.1 Å². The highest BCUT2D eigenvalue weighted by molar-refractivity contribution is 7.80. The molecule has 2 aliphatic rings. The lowest BCUT2D eigenvalue weighted by Gasteiger charge is -2.29. The van der Waals surface area contributed by atoms with Crippen LogP contribution in [0, 0.1) is 5.92 Å². The standard InChI is InChI=1S/C10H15N3O6S/c1-5(2)6-3-7(9(11)14)12-4-8(6)13(10(12)15)19-20(16,17)18/h3,5,7-8H,4H2,1-2H3,(H2,11,14)(H,16,17,18). The number of primary amides is 1. The zero-order chi connectivity index (χ0) is 15.2. The fraction of sp³-hybridized carbons (Fsp3) is 0.600. The van der Waals surface area contributed by atoms with E-state index >= 15 is 0 Å². The van der Waals surface area contributed by atoms with Crippen molar-refractivity contribution in [1.82, 2.24) is 9.96 Å². The number of fused-ring (bicyclic) bond motifs is 2. The van der Waals surface area contributed by atoms with Crippen molar-refractivity contribution < 1.29 is 26.8 Å². The first kappa shape index (κ1) is 14.8. The van der Waals surface area contributed by atoms with Crippen molar-refractivity contribution in [2.45, 2.75) is 25.9 Å². The summed E-state index contributed by atoms with van der Waals surface area (Å²) in [6.07, 6.45) is 1.53. The number of carbonyl (C=O) groups excluding carboxylic acids is 2. The molecule has 2 heterocycles. The van der Waals surface area contributed by atoms with E-state index in [1.54, 1.807) is 0 Å². The van der Waals surface area contributed by atoms with E-state index in [1.807, 2.05) is 13.8 Å². The van der Waals surface area contributed by atoms with Crippen LogP contribution in [0.4, 0.5) is 4.79 Å². The Hall–Kier alpha value is -1.65. The second-order valence-corrected chi connectivity index (χ2v) is 5.95. The van der Waals surface area contributed by atoms with Gasteiger partial charge in [-0.15, -0.1) is 4.28 Å². The van der Waals surface area contributed by atoms with Gasteiger partial charge in [0.2, 0.25) is 5.91 Å². The van der Waals surface area contributed by atoms with Crippen LogP contribution in [0.1, 0.15) is 13.8 Å². The van der Waals surface area contributed by atoms with Crippen molar-refractivity contribution in [3.63, 3.8) is 0 Å². The molecule has 20 heavy (non-hydrogen) atoms. The van der Waals surface area contributed by atoms with E-state index in [0.717, 1.165) is 4.90 Å². The molecule has 9 nitrogen and oxygen atoms in total. The van der Waals surface area contributed by atoms with Gasteiger partial charge in [-0.05, 0) is 11.5 Å². The summed E-state index contributed by atoms with van der Waals surface area (Å²) >= 11 is 0. The number of nitrogens with zero attached hydrogens (tertiary/aromatic N) is 2. The molecule has 0 saturated carbocycles. The highest BCUT2D eigenvalue weighted by Gasteiger charge is 2.49. The van der Waals surface area contributed by atoms with Crippen molar-refractivity contribution in [2.75, 3.05) is 6.54 Å². The van der Waals surface area contributed by atoms with Gasteiger partial charge in [-0.3, -0.25) is 9.35 Å². The summed E-state index contributed by atoms with van der Waals surface area (Å²) in [6.45, 7) is 3.73. The van der Waals surface area contributed by atoms with E-state index in [2.05, 4.69) is 4.28 Å². The molecule has 2 rings (SSSR count). The Bertz CT molecular complexity index is 584. The highest BCUT2D eigenvalue weighted by Crippen LogP contribution is 2.34. The normalized spacial score (nSPS) is 26.2. The first-order valence-corrected chi connectivity index (χ1v) is 7.26. The van der Waals surface area contributed by atoms with E-state index in [4.69, 9.17) is 10.3 Å². The van der Waals surface area contributed by atoms with E-state index in [-0.39, 0.29) is 12.5 Å². The molecule has 0 aliphatic carbocycles. The number of hydrogen-bond acceptors (Lipinski definition) is 5. The van der Waals surface area contributed by atoms with Crippen molar-refractivity contribution in [1.29, 1.82) is 0 Å². The zero-order valence-electron chi connectivity index (χ0n) is 10.9. The summed E-state index contributed by atoms with van der Waals surface area (Å²) in [5.41, 5.74) is 5.90. The molecule has 2 unspecified atom stereocenters. The molecule has 0 aromatic carbocycles. The quantitative estimate of drug-likeness (QED) is 0.520. The SMILES string of the molecule is CC(C)C1=CC(C(N)=O)N2CC1N(OS(=O)(=O)O)C2=O. The average molecular weight is 305 g/mol. The summed E-state index contributed by atoms with van der Waals surface area (Å²) < 4.78 is 34.7. The zero-order valence-corrected chi connectivity index (χ0v) is 11.7. The van der Waals surface area contributed by atoms with Crippen LogP contribution in [0.3, 0.4) is 0 Å². The summed E-state index contributed by atoms with van der Waals surface area (Å²) in [6, 6.07) is -2.46. The third kappa shape index (κ3) is 2.49. The summed E-state index contributed by atoms with van der Waals surface area (Å²) in [4.78, 5) is 24.6. The molecule has 0 radical (unpaired) electrons. The Morgan fingerprint density at radius 2 is 2.15 bits per heavy atom. The second-order valence-electron chi connectivity index (χ2n) is 4.95. The Labute approximate surface area is 115 Å². The van der Waals surface area contributed by atoms with Crippen LogP contribution in [-0.4, -0.2) is 53.5 Å². The van der Waals surface area contributed by atoms with Gasteiger partial charge < -0.3 is 10.6 Å². The average Bonchev–Trinajstić information content (AvgIpc) is 2.53. The van der Waals surface area contributed by atoms with Crippen molar-refractivity contribution in [3.05, 3.63) is 11.6 Å². The number of hydroxylamine groups is 2. The maximum atomic E-state index is 12.1. The van der Waals surface area contributed by atoms with Crippen LogP contribution in [0.2, 0.25) is 0 Å². The molecule has 0 spiro atoms. The van der Waals surface area contributed by atoms with Gasteiger partial charge in [0.25, 0.3) is 0 Å². The smallest absolute Gasteiger partial charge is 0.368 e. The maximum absolute atomic E-state index is 12.1. The number of amides is 3. The highest BCUT2D eigenvalue weighted by atomic mass is 32.3. The minimum atomic E-state index is -4.83. The fourth-order valence-corrected chi connectivity index (χ4v) is 2.82. The number of hydrogen-bond donors (Lipinski definition) is 2. The van der Waals surface area contributed by atoms with E-state index in [9.17, 15) is 18.0 Å². The molecular weight excluding hydrogens is 290 g/mol. The third-order valence-corrected chi connectivity index (χ3v) is 3.64. The van der Waals surface area contributed by atoms with Crippen LogP contribution in [-0.2, 0) is 19.5 Å². The van der Waals surface area contributed by atoms with Crippen molar-refractivity contribution in [2.24, 2.45) is 11.7 Å². The molecule has 2 atom stereocenters. The number of urea groups is 1. The molecule has 0 aromatic heterocycles. The van der Waals surface area contributed by atoms with Gasteiger partial charge >= 0.3 is 16.4 Å². The molecule has 0 aromatic rings. The van der Waals surface area contributed by atoms with E-state index < -0.39 is 34.4 Å². The third-order valence-electron chi connectivity index (χ3n) is 3.29. The Balaban J connectivity index is 2.41. The summed E-state index contributed by atoms with van der Waals surface area (Å²) in [5.74, 6) is -0.772. The first-order valence-electron chi connectivity index (χ1n) is 5.89. The molecule has 2 aliphatic heterocycles. The number of nitrogens with two attached hydrogens (primary N) is 1. The predicted molar refractivity (Wildman–Crippen MR) is 66.3 cm³/mol. The van der Waals surface area contributed by atoms with Gasteiger partial charge in [0, 0.05) is 0 Å². The Morgan fingerprint density at radius 1 is 1.55 bits per heavy atom. The van der Waals surface area contributed by atoms with Crippen LogP contribution < -0.4 is 5.73 Å².